The summed E-state index contributed by atoms with van der Waals surface area (Å²) < 4.78 is 35.6. The fourth-order valence-corrected chi connectivity index (χ4v) is 2.89. The second kappa shape index (κ2) is 7.35. The van der Waals surface area contributed by atoms with Crippen molar-refractivity contribution < 1.29 is 18.3 Å². The first kappa shape index (κ1) is 17.0. The summed E-state index contributed by atoms with van der Waals surface area (Å²) in [5.41, 5.74) is 0.979. The van der Waals surface area contributed by atoms with Gasteiger partial charge in [0.1, 0.15) is 6.61 Å². The van der Waals surface area contributed by atoms with Crippen LogP contribution in [0.3, 0.4) is 0 Å². The highest BCUT2D eigenvalue weighted by Gasteiger charge is 2.34. The Kier molecular flexibility index (Phi) is 4.99. The van der Waals surface area contributed by atoms with E-state index in [0.29, 0.717) is 12.8 Å². The van der Waals surface area contributed by atoms with E-state index in [4.69, 9.17) is 4.74 Å². The normalized spacial score (nSPS) is 15.1. The molecule has 0 saturated heterocycles. The van der Waals surface area contributed by atoms with Crippen LogP contribution in [0.4, 0.5) is 8.78 Å². The lowest BCUT2D eigenvalue weighted by molar-refractivity contribution is -0.0516. The van der Waals surface area contributed by atoms with Gasteiger partial charge >= 0.3 is 6.61 Å². The van der Waals surface area contributed by atoms with Crippen LogP contribution < -0.4 is 9.47 Å². The largest absolute Gasteiger partial charge is 0.485 e. The van der Waals surface area contributed by atoms with Crippen LogP contribution in [-0.2, 0) is 12.0 Å². The molecule has 0 N–H and O–H groups in total. The van der Waals surface area contributed by atoms with Crippen molar-refractivity contribution in [3.05, 3.63) is 71.8 Å². The molecule has 2 aromatic rings. The maximum atomic E-state index is 12.7. The quantitative estimate of drug-likeness (QED) is 0.696. The lowest BCUT2D eigenvalue weighted by Crippen LogP contribution is -2.20. The number of nitriles is 1. The van der Waals surface area contributed by atoms with E-state index >= 15 is 0 Å². The molecule has 0 bridgehead atoms. The van der Waals surface area contributed by atoms with Gasteiger partial charge in [0.15, 0.2) is 11.5 Å². The highest BCUT2D eigenvalue weighted by molar-refractivity contribution is 5.48. The third-order valence-corrected chi connectivity index (χ3v) is 4.26. The first-order valence-electron chi connectivity index (χ1n) is 7.95. The molecule has 1 aliphatic rings. The third kappa shape index (κ3) is 3.80. The summed E-state index contributed by atoms with van der Waals surface area (Å²) in [4.78, 5) is 0. The van der Waals surface area contributed by atoms with Gasteiger partial charge in [-0.3, -0.25) is 0 Å². The van der Waals surface area contributed by atoms with Gasteiger partial charge in [-0.2, -0.15) is 14.0 Å². The van der Waals surface area contributed by atoms with E-state index in [1.165, 1.54) is 6.07 Å². The first-order chi connectivity index (χ1) is 12.1. The van der Waals surface area contributed by atoms with Crippen molar-refractivity contribution in [2.75, 3.05) is 0 Å². The Bertz CT molecular complexity index is 789. The van der Waals surface area contributed by atoms with Gasteiger partial charge in [0.05, 0.1) is 11.5 Å². The topological polar surface area (TPSA) is 42.2 Å². The Morgan fingerprint density at radius 1 is 1.04 bits per heavy atom. The molecule has 0 fully saturated rings. The number of ether oxygens (including phenoxy) is 2. The predicted molar refractivity (Wildman–Crippen MR) is 89.5 cm³/mol. The maximum absolute atomic E-state index is 12.7. The molecular formula is C20H17F2NO2. The second-order valence-corrected chi connectivity index (χ2v) is 5.89. The second-order valence-electron chi connectivity index (χ2n) is 5.89. The minimum atomic E-state index is -2.94. The van der Waals surface area contributed by atoms with Crippen LogP contribution in [0.5, 0.6) is 11.5 Å². The molecule has 0 aromatic heterocycles. The van der Waals surface area contributed by atoms with E-state index in [-0.39, 0.29) is 18.1 Å². The van der Waals surface area contributed by atoms with Gasteiger partial charge in [-0.1, -0.05) is 48.6 Å². The summed E-state index contributed by atoms with van der Waals surface area (Å²) >= 11 is 0. The van der Waals surface area contributed by atoms with Gasteiger partial charge in [0.2, 0.25) is 0 Å². The highest BCUT2D eigenvalue weighted by atomic mass is 19.3. The molecule has 0 radical (unpaired) electrons. The SMILES string of the molecule is N#CC1(c2ccc(OC(F)F)c(OCc3ccccc3)c2)CC=CC1. The van der Waals surface area contributed by atoms with Crippen molar-refractivity contribution in [2.24, 2.45) is 0 Å². The summed E-state index contributed by atoms with van der Waals surface area (Å²) in [6.07, 6.45) is 5.10. The number of benzene rings is 2. The summed E-state index contributed by atoms with van der Waals surface area (Å²) in [5, 5.41) is 9.60. The Morgan fingerprint density at radius 3 is 2.40 bits per heavy atom. The van der Waals surface area contributed by atoms with E-state index in [1.807, 2.05) is 42.5 Å². The van der Waals surface area contributed by atoms with E-state index < -0.39 is 12.0 Å². The predicted octanol–water partition coefficient (Wildman–Crippen LogP) is 4.98. The molecule has 0 atom stereocenters. The van der Waals surface area contributed by atoms with Crippen LogP contribution >= 0.6 is 0 Å². The van der Waals surface area contributed by atoms with Crippen LogP contribution in [0.25, 0.3) is 0 Å². The lowest BCUT2D eigenvalue weighted by Gasteiger charge is -2.22. The number of halogens is 2. The van der Waals surface area contributed by atoms with Crippen molar-refractivity contribution in [3.8, 4) is 17.6 Å². The summed E-state index contributed by atoms with van der Waals surface area (Å²) in [6.45, 7) is -2.72. The van der Waals surface area contributed by atoms with E-state index in [0.717, 1.165) is 11.1 Å². The Labute approximate surface area is 145 Å². The highest BCUT2D eigenvalue weighted by Crippen LogP contribution is 2.40. The Hall–Kier alpha value is -2.87. The van der Waals surface area contributed by atoms with Crippen LogP contribution in [0.2, 0.25) is 0 Å². The number of alkyl halides is 2. The van der Waals surface area contributed by atoms with E-state index in [1.54, 1.807) is 12.1 Å². The van der Waals surface area contributed by atoms with Crippen molar-refractivity contribution >= 4 is 0 Å². The van der Waals surface area contributed by atoms with Gasteiger partial charge in [0.25, 0.3) is 0 Å². The fourth-order valence-electron chi connectivity index (χ4n) is 2.89. The van der Waals surface area contributed by atoms with Crippen molar-refractivity contribution in [1.29, 1.82) is 5.26 Å². The summed E-state index contributed by atoms with van der Waals surface area (Å²) in [7, 11) is 0. The molecule has 0 heterocycles. The standard InChI is InChI=1S/C20H17F2NO2/c21-19(22)25-17-9-8-16(20(14-23)10-4-5-11-20)12-18(17)24-13-15-6-2-1-3-7-15/h1-9,12,19H,10-11,13H2. The molecule has 3 rings (SSSR count). The fraction of sp³-hybridized carbons (Fsp3) is 0.250. The van der Waals surface area contributed by atoms with Gasteiger partial charge < -0.3 is 9.47 Å². The number of nitrogens with zero attached hydrogens (tertiary/aromatic N) is 1. The van der Waals surface area contributed by atoms with Crippen LogP contribution in [0, 0.1) is 11.3 Å². The average molecular weight is 341 g/mol. The molecule has 0 amide bonds. The third-order valence-electron chi connectivity index (χ3n) is 4.26. The minimum absolute atomic E-state index is 0.0336. The summed E-state index contributed by atoms with van der Waals surface area (Å²) in [5.74, 6) is 0.178. The maximum Gasteiger partial charge on any atom is 0.387 e. The first-order valence-corrected chi connectivity index (χ1v) is 7.95. The van der Waals surface area contributed by atoms with Crippen LogP contribution in [0.1, 0.15) is 24.0 Å². The Balaban J connectivity index is 1.89. The number of allylic oxidation sites excluding steroid dienone is 2. The monoisotopic (exact) mass is 341 g/mol. The minimum Gasteiger partial charge on any atom is -0.485 e. The molecule has 1 aliphatic carbocycles. The van der Waals surface area contributed by atoms with Crippen LogP contribution in [0.15, 0.2) is 60.7 Å². The molecule has 0 aliphatic heterocycles. The smallest absolute Gasteiger partial charge is 0.387 e. The number of hydrogen-bond donors (Lipinski definition) is 0. The molecular weight excluding hydrogens is 324 g/mol. The molecule has 0 unspecified atom stereocenters. The van der Waals surface area contributed by atoms with Gasteiger partial charge in [-0.15, -0.1) is 0 Å². The number of hydrogen-bond acceptors (Lipinski definition) is 3. The van der Waals surface area contributed by atoms with E-state index in [2.05, 4.69) is 10.8 Å². The lowest BCUT2D eigenvalue weighted by atomic mass is 9.79. The molecule has 2 aromatic carbocycles. The van der Waals surface area contributed by atoms with Gasteiger partial charge in [-0.25, -0.2) is 0 Å². The van der Waals surface area contributed by atoms with Gasteiger partial charge in [0, 0.05) is 0 Å². The van der Waals surface area contributed by atoms with Gasteiger partial charge in [-0.05, 0) is 36.1 Å². The van der Waals surface area contributed by atoms with Crippen LogP contribution in [-0.4, -0.2) is 6.61 Å². The van der Waals surface area contributed by atoms with Crippen molar-refractivity contribution in [2.45, 2.75) is 31.5 Å². The average Bonchev–Trinajstić information content (AvgIpc) is 3.11. The molecule has 3 nitrogen and oxygen atoms in total. The van der Waals surface area contributed by atoms with Crippen molar-refractivity contribution in [3.63, 3.8) is 0 Å². The molecule has 5 heteroatoms. The zero-order valence-corrected chi connectivity index (χ0v) is 13.5. The molecule has 25 heavy (non-hydrogen) atoms. The van der Waals surface area contributed by atoms with E-state index in [9.17, 15) is 14.0 Å². The zero-order valence-electron chi connectivity index (χ0n) is 13.5. The summed E-state index contributed by atoms with van der Waals surface area (Å²) in [6, 6.07) is 16.5. The molecule has 0 spiro atoms. The van der Waals surface area contributed by atoms with Crippen molar-refractivity contribution in [1.82, 2.24) is 0 Å². The zero-order chi connectivity index (χ0) is 17.7. The number of rotatable bonds is 6. The molecule has 0 saturated carbocycles. The Morgan fingerprint density at radius 2 is 1.76 bits per heavy atom. The molecule has 128 valence electrons.